The van der Waals surface area contributed by atoms with Crippen LogP contribution in [0.3, 0.4) is 0 Å². The monoisotopic (exact) mass is 263 g/mol. The second-order valence-electron chi connectivity index (χ2n) is 5.41. The van der Waals surface area contributed by atoms with E-state index in [0.29, 0.717) is 5.92 Å². The molecule has 1 amide bonds. The lowest BCUT2D eigenvalue weighted by Crippen LogP contribution is -2.42. The highest BCUT2D eigenvalue weighted by Gasteiger charge is 2.21. The molecule has 0 bridgehead atoms. The standard InChI is InChI=1S/C14H21N3O2/c1-10-4-3-7-16(8-10)13(18)9-17-11(2)5-6-12(15)14(17)19/h5-6,10H,3-4,7-9,15H2,1-2H3. The number of likely N-dealkylation sites (tertiary alicyclic amines) is 1. The average molecular weight is 263 g/mol. The lowest BCUT2D eigenvalue weighted by atomic mass is 10.0. The van der Waals surface area contributed by atoms with E-state index in [1.165, 1.54) is 11.0 Å². The third-order valence-corrected chi connectivity index (χ3v) is 3.73. The fourth-order valence-electron chi connectivity index (χ4n) is 2.54. The summed E-state index contributed by atoms with van der Waals surface area (Å²) in [7, 11) is 0. The van der Waals surface area contributed by atoms with E-state index >= 15 is 0 Å². The highest BCUT2D eigenvalue weighted by molar-refractivity contribution is 5.76. The molecule has 1 aliphatic rings. The number of anilines is 1. The van der Waals surface area contributed by atoms with Gasteiger partial charge in [-0.25, -0.2) is 0 Å². The summed E-state index contributed by atoms with van der Waals surface area (Å²) in [5.41, 5.74) is 6.28. The molecule has 2 N–H and O–H groups in total. The van der Waals surface area contributed by atoms with Gasteiger partial charge in [-0.15, -0.1) is 0 Å². The number of nitrogen functional groups attached to an aromatic ring is 1. The van der Waals surface area contributed by atoms with Gasteiger partial charge in [0.05, 0.1) is 5.69 Å². The Bertz CT molecular complexity index is 536. The molecule has 1 aromatic heterocycles. The zero-order chi connectivity index (χ0) is 14.0. The van der Waals surface area contributed by atoms with Crippen LogP contribution in [-0.4, -0.2) is 28.5 Å². The summed E-state index contributed by atoms with van der Waals surface area (Å²) in [5.74, 6) is 0.540. The van der Waals surface area contributed by atoms with Gasteiger partial charge in [0, 0.05) is 18.8 Å². The van der Waals surface area contributed by atoms with Gasteiger partial charge < -0.3 is 15.2 Å². The fourth-order valence-corrected chi connectivity index (χ4v) is 2.54. The largest absolute Gasteiger partial charge is 0.394 e. The molecular formula is C14H21N3O2. The van der Waals surface area contributed by atoms with E-state index < -0.39 is 0 Å². The van der Waals surface area contributed by atoms with Gasteiger partial charge in [-0.1, -0.05) is 6.92 Å². The van der Waals surface area contributed by atoms with Gasteiger partial charge in [0.1, 0.15) is 6.54 Å². The minimum atomic E-state index is -0.279. The number of amides is 1. The molecule has 0 spiro atoms. The molecule has 2 heterocycles. The van der Waals surface area contributed by atoms with Crippen molar-refractivity contribution in [3.8, 4) is 0 Å². The Morgan fingerprint density at radius 3 is 2.89 bits per heavy atom. The molecule has 104 valence electrons. The number of carbonyl (C=O) groups is 1. The van der Waals surface area contributed by atoms with E-state index in [1.54, 1.807) is 12.1 Å². The van der Waals surface area contributed by atoms with E-state index in [9.17, 15) is 9.59 Å². The van der Waals surface area contributed by atoms with Crippen LogP contribution in [0.15, 0.2) is 16.9 Å². The van der Waals surface area contributed by atoms with Crippen LogP contribution in [0, 0.1) is 12.8 Å². The molecule has 2 rings (SSSR count). The van der Waals surface area contributed by atoms with E-state index in [0.717, 1.165) is 25.2 Å². The van der Waals surface area contributed by atoms with Crippen molar-refractivity contribution in [2.75, 3.05) is 18.8 Å². The number of carbonyl (C=O) groups excluding carboxylic acids is 1. The second-order valence-corrected chi connectivity index (χ2v) is 5.41. The van der Waals surface area contributed by atoms with Gasteiger partial charge in [0.25, 0.3) is 5.56 Å². The number of pyridine rings is 1. The smallest absolute Gasteiger partial charge is 0.274 e. The number of aryl methyl sites for hydroxylation is 1. The first-order chi connectivity index (χ1) is 8.99. The maximum absolute atomic E-state index is 12.3. The second kappa shape index (κ2) is 5.47. The van der Waals surface area contributed by atoms with E-state index in [2.05, 4.69) is 6.92 Å². The van der Waals surface area contributed by atoms with Crippen LogP contribution in [0.2, 0.25) is 0 Å². The molecule has 5 heteroatoms. The number of rotatable bonds is 2. The molecule has 1 saturated heterocycles. The van der Waals surface area contributed by atoms with Crippen molar-refractivity contribution in [2.24, 2.45) is 5.92 Å². The highest BCUT2D eigenvalue weighted by Crippen LogP contribution is 2.15. The Hall–Kier alpha value is -1.78. The van der Waals surface area contributed by atoms with E-state index in [4.69, 9.17) is 5.73 Å². The summed E-state index contributed by atoms with van der Waals surface area (Å²) in [6, 6.07) is 3.35. The zero-order valence-electron chi connectivity index (χ0n) is 11.6. The van der Waals surface area contributed by atoms with E-state index in [1.807, 2.05) is 11.8 Å². The van der Waals surface area contributed by atoms with Crippen molar-refractivity contribution >= 4 is 11.6 Å². The Morgan fingerprint density at radius 1 is 1.47 bits per heavy atom. The lowest BCUT2D eigenvalue weighted by molar-refractivity contribution is -0.133. The number of nitrogens with two attached hydrogens (primary N) is 1. The number of hydrogen-bond acceptors (Lipinski definition) is 3. The van der Waals surface area contributed by atoms with Crippen molar-refractivity contribution in [2.45, 2.75) is 33.2 Å². The maximum atomic E-state index is 12.3. The van der Waals surface area contributed by atoms with Crippen molar-refractivity contribution in [1.82, 2.24) is 9.47 Å². The molecule has 1 unspecified atom stereocenters. The molecule has 1 fully saturated rings. The van der Waals surface area contributed by atoms with Crippen LogP contribution in [0.4, 0.5) is 5.69 Å². The molecule has 1 aliphatic heterocycles. The summed E-state index contributed by atoms with van der Waals surface area (Å²) < 4.78 is 1.46. The normalized spacial score (nSPS) is 19.5. The summed E-state index contributed by atoms with van der Waals surface area (Å²) in [6.45, 7) is 5.63. The Morgan fingerprint density at radius 2 is 2.21 bits per heavy atom. The number of piperidine rings is 1. The van der Waals surface area contributed by atoms with Gasteiger partial charge in [-0.05, 0) is 37.8 Å². The molecule has 0 aromatic carbocycles. The third kappa shape index (κ3) is 2.97. The molecule has 1 aromatic rings. The molecule has 0 saturated carbocycles. The number of aromatic nitrogens is 1. The van der Waals surface area contributed by atoms with Gasteiger partial charge in [0.15, 0.2) is 0 Å². The Labute approximate surface area is 113 Å². The first-order valence-corrected chi connectivity index (χ1v) is 6.72. The van der Waals surface area contributed by atoms with Gasteiger partial charge >= 0.3 is 0 Å². The van der Waals surface area contributed by atoms with Crippen LogP contribution < -0.4 is 11.3 Å². The minimum Gasteiger partial charge on any atom is -0.394 e. The Balaban J connectivity index is 2.15. The molecule has 1 atom stereocenters. The average Bonchev–Trinajstić information content (AvgIpc) is 2.39. The molecule has 0 aliphatic carbocycles. The fraction of sp³-hybridized carbons (Fsp3) is 0.571. The molecular weight excluding hydrogens is 242 g/mol. The Kier molecular flexibility index (Phi) is 3.93. The first-order valence-electron chi connectivity index (χ1n) is 6.72. The van der Waals surface area contributed by atoms with Gasteiger partial charge in [-0.3, -0.25) is 9.59 Å². The van der Waals surface area contributed by atoms with Gasteiger partial charge in [-0.2, -0.15) is 0 Å². The molecule has 0 radical (unpaired) electrons. The maximum Gasteiger partial charge on any atom is 0.274 e. The predicted octanol–water partition coefficient (Wildman–Crippen LogP) is 0.997. The molecule has 5 nitrogen and oxygen atoms in total. The SMILES string of the molecule is Cc1ccc(N)c(=O)n1CC(=O)N1CCCC(C)C1. The first kappa shape index (κ1) is 13.6. The predicted molar refractivity (Wildman–Crippen MR) is 74.8 cm³/mol. The van der Waals surface area contributed by atoms with Crippen LogP contribution in [0.5, 0.6) is 0 Å². The summed E-state index contributed by atoms with van der Waals surface area (Å²) >= 11 is 0. The minimum absolute atomic E-state index is 0.00218. The van der Waals surface area contributed by atoms with Crippen LogP contribution in [0.1, 0.15) is 25.5 Å². The number of nitrogens with zero attached hydrogens (tertiary/aromatic N) is 2. The third-order valence-electron chi connectivity index (χ3n) is 3.73. The topological polar surface area (TPSA) is 68.3 Å². The summed E-state index contributed by atoms with van der Waals surface area (Å²) in [4.78, 5) is 26.0. The van der Waals surface area contributed by atoms with Crippen LogP contribution in [-0.2, 0) is 11.3 Å². The summed E-state index contributed by atoms with van der Waals surface area (Å²) in [5, 5.41) is 0. The van der Waals surface area contributed by atoms with Crippen molar-refractivity contribution in [1.29, 1.82) is 0 Å². The van der Waals surface area contributed by atoms with Crippen molar-refractivity contribution in [3.63, 3.8) is 0 Å². The lowest BCUT2D eigenvalue weighted by Gasteiger charge is -2.31. The molecule has 19 heavy (non-hydrogen) atoms. The summed E-state index contributed by atoms with van der Waals surface area (Å²) in [6.07, 6.45) is 2.21. The highest BCUT2D eigenvalue weighted by atomic mass is 16.2. The van der Waals surface area contributed by atoms with E-state index in [-0.39, 0.29) is 23.7 Å². The zero-order valence-corrected chi connectivity index (χ0v) is 11.6. The van der Waals surface area contributed by atoms with Crippen molar-refractivity contribution < 1.29 is 4.79 Å². The van der Waals surface area contributed by atoms with Crippen LogP contribution >= 0.6 is 0 Å². The van der Waals surface area contributed by atoms with Crippen LogP contribution in [0.25, 0.3) is 0 Å². The van der Waals surface area contributed by atoms with Crippen molar-refractivity contribution in [3.05, 3.63) is 28.2 Å². The number of hydrogen-bond donors (Lipinski definition) is 1. The van der Waals surface area contributed by atoms with Gasteiger partial charge in [0.2, 0.25) is 5.91 Å². The quantitative estimate of drug-likeness (QED) is 0.865.